The first-order valence-electron chi connectivity index (χ1n) is 3.21. The molecule has 1 aliphatic rings. The Balaban J connectivity index is 2.12. The summed E-state index contributed by atoms with van der Waals surface area (Å²) in [6.07, 6.45) is 8.38. The molecule has 0 nitrogen and oxygen atoms in total. The van der Waals surface area contributed by atoms with Crippen LogP contribution in [0.3, 0.4) is 0 Å². The monoisotopic (exact) mass is 147 g/mol. The van der Waals surface area contributed by atoms with E-state index in [2.05, 4.69) is 42.5 Å². The maximum Gasteiger partial charge on any atom is 0.0132 e. The predicted octanol–water partition coefficient (Wildman–Crippen LogP) is 2.50. The fraction of sp³-hybridized carbons (Fsp3) is 0. The second-order valence-corrected chi connectivity index (χ2v) is 2.97. The summed E-state index contributed by atoms with van der Waals surface area (Å²) < 4.78 is 0. The van der Waals surface area contributed by atoms with Gasteiger partial charge in [-0.2, -0.15) is 11.3 Å². The normalized spacial score (nSPS) is 20.0. The van der Waals surface area contributed by atoms with Crippen LogP contribution in [0.15, 0.2) is 16.8 Å². The molecule has 1 heteroatoms. The molecule has 0 spiro atoms. The van der Waals surface area contributed by atoms with Crippen molar-refractivity contribution in [2.75, 3.05) is 0 Å². The molecule has 5 radical (unpaired) electrons. The van der Waals surface area contributed by atoms with E-state index in [1.165, 1.54) is 11.5 Å². The Hall–Kier alpha value is -0.300. The molecule has 0 aliphatic heterocycles. The highest BCUT2D eigenvalue weighted by Gasteiger charge is 2.18. The molecular weight excluding hydrogens is 140 g/mol. The van der Waals surface area contributed by atoms with Gasteiger partial charge in [-0.1, -0.05) is 0 Å². The molecule has 1 aromatic rings. The standard InChI is InChI=1S/C9H7S/c1-2-4-8(3-1)9-5-6-10-7-9/h1-7H. The molecule has 49 valence electrons. The van der Waals surface area contributed by atoms with Crippen molar-refractivity contribution in [3.8, 4) is 0 Å². The van der Waals surface area contributed by atoms with Gasteiger partial charge in [-0.05, 0) is 48.1 Å². The molecule has 0 atom stereocenters. The van der Waals surface area contributed by atoms with E-state index < -0.39 is 0 Å². The Kier molecular flexibility index (Phi) is 1.76. The third-order valence-electron chi connectivity index (χ3n) is 1.52. The van der Waals surface area contributed by atoms with Crippen LogP contribution in [0.4, 0.5) is 0 Å². The van der Waals surface area contributed by atoms with E-state index in [-0.39, 0.29) is 0 Å². The molecule has 0 bridgehead atoms. The van der Waals surface area contributed by atoms with Gasteiger partial charge in [-0.25, -0.2) is 0 Å². The van der Waals surface area contributed by atoms with Crippen molar-refractivity contribution >= 4 is 11.3 Å². The van der Waals surface area contributed by atoms with E-state index in [1.54, 1.807) is 11.3 Å². The summed E-state index contributed by atoms with van der Waals surface area (Å²) in [5.41, 5.74) is 1.33. The topological polar surface area (TPSA) is 0 Å². The lowest BCUT2D eigenvalue weighted by molar-refractivity contribution is 1.31. The van der Waals surface area contributed by atoms with Crippen LogP contribution in [0.2, 0.25) is 0 Å². The van der Waals surface area contributed by atoms with E-state index in [0.717, 1.165) is 0 Å². The van der Waals surface area contributed by atoms with Crippen molar-refractivity contribution in [2.45, 2.75) is 0 Å². The van der Waals surface area contributed by atoms with E-state index >= 15 is 0 Å². The minimum atomic E-state index is 1.32. The predicted molar refractivity (Wildman–Crippen MR) is 43.9 cm³/mol. The second-order valence-electron chi connectivity index (χ2n) is 2.19. The van der Waals surface area contributed by atoms with Gasteiger partial charge in [0.15, 0.2) is 0 Å². The molecule has 2 rings (SSSR count). The van der Waals surface area contributed by atoms with E-state index in [4.69, 9.17) is 0 Å². The fourth-order valence-electron chi connectivity index (χ4n) is 0.995. The van der Waals surface area contributed by atoms with Crippen LogP contribution in [0.25, 0.3) is 0 Å². The van der Waals surface area contributed by atoms with Crippen LogP contribution >= 0.6 is 11.3 Å². The molecule has 1 heterocycles. The Morgan fingerprint density at radius 2 is 1.90 bits per heavy atom. The van der Waals surface area contributed by atoms with Gasteiger partial charge < -0.3 is 0 Å². The summed E-state index contributed by atoms with van der Waals surface area (Å²) >= 11 is 1.74. The Labute approximate surface area is 65.9 Å². The third kappa shape index (κ3) is 1.10. The molecule has 0 saturated heterocycles. The summed E-state index contributed by atoms with van der Waals surface area (Å²) in [5.74, 6) is 1.32. The van der Waals surface area contributed by atoms with Gasteiger partial charge in [0.1, 0.15) is 0 Å². The zero-order chi connectivity index (χ0) is 6.81. The van der Waals surface area contributed by atoms with Gasteiger partial charge in [0.2, 0.25) is 0 Å². The highest BCUT2D eigenvalue weighted by Crippen LogP contribution is 2.30. The average molecular weight is 147 g/mol. The van der Waals surface area contributed by atoms with Crippen LogP contribution in [0, 0.1) is 31.6 Å². The Morgan fingerprint density at radius 3 is 2.50 bits per heavy atom. The van der Waals surface area contributed by atoms with Crippen LogP contribution < -0.4 is 0 Å². The molecule has 0 amide bonds. The third-order valence-corrected chi connectivity index (χ3v) is 2.20. The first-order valence-corrected chi connectivity index (χ1v) is 4.15. The van der Waals surface area contributed by atoms with Crippen molar-refractivity contribution < 1.29 is 0 Å². The van der Waals surface area contributed by atoms with Crippen LogP contribution in [0.1, 0.15) is 5.56 Å². The highest BCUT2D eigenvalue weighted by atomic mass is 32.1. The summed E-state index contributed by atoms with van der Waals surface area (Å²) in [6.45, 7) is 0. The van der Waals surface area contributed by atoms with E-state index in [0.29, 0.717) is 0 Å². The Bertz CT molecular complexity index is 183. The molecule has 1 fully saturated rings. The summed E-state index contributed by atoms with van der Waals surface area (Å²) in [6, 6.07) is 2.14. The second kappa shape index (κ2) is 2.75. The van der Waals surface area contributed by atoms with Gasteiger partial charge in [-0.3, -0.25) is 0 Å². The number of hydrogen-bond acceptors (Lipinski definition) is 1. The molecule has 0 aromatic carbocycles. The molecule has 10 heavy (non-hydrogen) atoms. The summed E-state index contributed by atoms with van der Waals surface area (Å²) in [7, 11) is 0. The molecule has 0 N–H and O–H groups in total. The minimum Gasteiger partial charge on any atom is -0.152 e. The quantitative estimate of drug-likeness (QED) is 0.572. The average Bonchev–Trinajstić information content (AvgIpc) is 2.59. The van der Waals surface area contributed by atoms with Gasteiger partial charge in [0.25, 0.3) is 0 Å². The van der Waals surface area contributed by atoms with Crippen molar-refractivity contribution in [3.63, 3.8) is 0 Å². The summed E-state index contributed by atoms with van der Waals surface area (Å²) in [4.78, 5) is 0. The van der Waals surface area contributed by atoms with Crippen molar-refractivity contribution in [1.29, 1.82) is 0 Å². The SMILES string of the molecule is [CH]1[CH][CH][C](c2ccsc2)[CH]1. The van der Waals surface area contributed by atoms with Crippen molar-refractivity contribution in [2.24, 2.45) is 0 Å². The zero-order valence-corrected chi connectivity index (χ0v) is 6.27. The van der Waals surface area contributed by atoms with Crippen molar-refractivity contribution in [3.05, 3.63) is 54.0 Å². The van der Waals surface area contributed by atoms with Gasteiger partial charge >= 0.3 is 0 Å². The van der Waals surface area contributed by atoms with Crippen LogP contribution in [-0.4, -0.2) is 0 Å². The molecule has 1 saturated carbocycles. The molecule has 1 aromatic heterocycles. The maximum absolute atomic E-state index is 2.16. The number of hydrogen-bond donors (Lipinski definition) is 0. The lowest BCUT2D eigenvalue weighted by Gasteiger charge is -2.01. The van der Waals surface area contributed by atoms with Crippen molar-refractivity contribution in [1.82, 2.24) is 0 Å². The van der Waals surface area contributed by atoms with E-state index in [9.17, 15) is 0 Å². The first kappa shape index (κ1) is 6.41. The molecule has 1 aliphatic carbocycles. The van der Waals surface area contributed by atoms with Crippen LogP contribution in [0.5, 0.6) is 0 Å². The first-order chi connectivity index (χ1) is 4.97. The smallest absolute Gasteiger partial charge is 0.0132 e. The van der Waals surface area contributed by atoms with Gasteiger partial charge in [-0.15, -0.1) is 0 Å². The highest BCUT2D eigenvalue weighted by molar-refractivity contribution is 7.08. The zero-order valence-electron chi connectivity index (χ0n) is 5.45. The van der Waals surface area contributed by atoms with Gasteiger partial charge in [0.05, 0.1) is 0 Å². The van der Waals surface area contributed by atoms with Crippen LogP contribution in [-0.2, 0) is 0 Å². The Morgan fingerprint density at radius 1 is 1.10 bits per heavy atom. The largest absolute Gasteiger partial charge is 0.152 e. The van der Waals surface area contributed by atoms with Gasteiger partial charge in [0, 0.05) is 5.92 Å². The molecular formula is C9H7S. The molecule has 0 unspecified atom stereocenters. The summed E-state index contributed by atoms with van der Waals surface area (Å²) in [5, 5.41) is 4.26. The maximum atomic E-state index is 2.16. The lowest BCUT2D eigenvalue weighted by atomic mass is 10.0. The number of thiophene rings is 1. The fourth-order valence-corrected chi connectivity index (χ4v) is 1.66. The minimum absolute atomic E-state index is 1.32. The number of rotatable bonds is 1. The lowest BCUT2D eigenvalue weighted by Crippen LogP contribution is -1.90. The van der Waals surface area contributed by atoms with E-state index in [1.807, 2.05) is 0 Å².